The summed E-state index contributed by atoms with van der Waals surface area (Å²) in [5.41, 5.74) is 0. The zero-order valence-corrected chi connectivity index (χ0v) is 13.9. The number of hydrogen-bond acceptors (Lipinski definition) is 5. The molecule has 7 heteroatoms. The third-order valence-corrected chi connectivity index (χ3v) is 6.81. The standard InChI is InChI=1S/C16H22N2O4S/c19-23(20,14-4-5-15-16(11-14)22-10-9-21-15)18-8-7-17-6-2-1-3-13(17)12-18/h4-5,11,13H,1-3,6-10,12H2. The molecule has 3 aliphatic rings. The third-order valence-electron chi connectivity index (χ3n) is 4.95. The van der Waals surface area contributed by atoms with Gasteiger partial charge in [0, 0.05) is 31.7 Å². The molecule has 4 rings (SSSR count). The highest BCUT2D eigenvalue weighted by atomic mass is 32.2. The van der Waals surface area contributed by atoms with Crippen molar-refractivity contribution < 1.29 is 17.9 Å². The second-order valence-corrected chi connectivity index (χ2v) is 8.29. The number of piperidine rings is 1. The highest BCUT2D eigenvalue weighted by Gasteiger charge is 2.35. The summed E-state index contributed by atoms with van der Waals surface area (Å²) < 4.78 is 38.5. The van der Waals surface area contributed by atoms with E-state index in [-0.39, 0.29) is 0 Å². The second kappa shape index (κ2) is 5.96. The van der Waals surface area contributed by atoms with Crippen LogP contribution >= 0.6 is 0 Å². The van der Waals surface area contributed by atoms with Gasteiger partial charge >= 0.3 is 0 Å². The van der Waals surface area contributed by atoms with Crippen molar-refractivity contribution in [1.29, 1.82) is 0 Å². The predicted molar refractivity (Wildman–Crippen MR) is 85.4 cm³/mol. The molecule has 0 bridgehead atoms. The van der Waals surface area contributed by atoms with Gasteiger partial charge in [-0.3, -0.25) is 4.90 Å². The van der Waals surface area contributed by atoms with Gasteiger partial charge in [0.25, 0.3) is 0 Å². The van der Waals surface area contributed by atoms with Crippen LogP contribution in [0.25, 0.3) is 0 Å². The summed E-state index contributed by atoms with van der Waals surface area (Å²) in [6, 6.07) is 5.27. The van der Waals surface area contributed by atoms with Gasteiger partial charge in [-0.05, 0) is 31.5 Å². The van der Waals surface area contributed by atoms with Crippen LogP contribution in [0.5, 0.6) is 11.5 Å². The molecule has 0 saturated carbocycles. The fourth-order valence-electron chi connectivity index (χ4n) is 3.68. The average Bonchev–Trinajstić information content (AvgIpc) is 2.61. The highest BCUT2D eigenvalue weighted by Crippen LogP contribution is 2.34. The Bertz CT molecular complexity index is 691. The molecule has 0 aliphatic carbocycles. The van der Waals surface area contributed by atoms with E-state index < -0.39 is 10.0 Å². The molecule has 23 heavy (non-hydrogen) atoms. The highest BCUT2D eigenvalue weighted by molar-refractivity contribution is 7.89. The molecule has 1 aromatic rings. The van der Waals surface area contributed by atoms with Gasteiger partial charge in [-0.1, -0.05) is 6.42 Å². The van der Waals surface area contributed by atoms with Crippen LogP contribution < -0.4 is 9.47 Å². The average molecular weight is 338 g/mol. The van der Waals surface area contributed by atoms with E-state index in [0.717, 1.165) is 19.5 Å². The number of fused-ring (bicyclic) bond motifs is 2. The Kier molecular flexibility index (Phi) is 3.95. The van der Waals surface area contributed by atoms with Gasteiger partial charge in [0.15, 0.2) is 11.5 Å². The number of piperazine rings is 1. The van der Waals surface area contributed by atoms with Crippen molar-refractivity contribution in [2.75, 3.05) is 39.4 Å². The molecular weight excluding hydrogens is 316 g/mol. The van der Waals surface area contributed by atoms with E-state index in [1.54, 1.807) is 22.5 Å². The van der Waals surface area contributed by atoms with Crippen LogP contribution in [0.1, 0.15) is 19.3 Å². The van der Waals surface area contributed by atoms with E-state index in [0.29, 0.717) is 48.7 Å². The lowest BCUT2D eigenvalue weighted by atomic mass is 10.0. The fraction of sp³-hybridized carbons (Fsp3) is 0.625. The fourth-order valence-corrected chi connectivity index (χ4v) is 5.16. The van der Waals surface area contributed by atoms with Crippen molar-refractivity contribution in [2.24, 2.45) is 0 Å². The maximum absolute atomic E-state index is 13.0. The summed E-state index contributed by atoms with van der Waals surface area (Å²) in [5.74, 6) is 1.14. The van der Waals surface area contributed by atoms with Gasteiger partial charge in [0.2, 0.25) is 10.0 Å². The van der Waals surface area contributed by atoms with Crippen LogP contribution in [0.3, 0.4) is 0 Å². The first-order chi connectivity index (χ1) is 11.1. The Balaban J connectivity index is 1.57. The maximum Gasteiger partial charge on any atom is 0.243 e. The van der Waals surface area contributed by atoms with Crippen LogP contribution in [0.15, 0.2) is 23.1 Å². The lowest BCUT2D eigenvalue weighted by molar-refractivity contribution is 0.0851. The van der Waals surface area contributed by atoms with Gasteiger partial charge in [-0.15, -0.1) is 0 Å². The van der Waals surface area contributed by atoms with Crippen molar-refractivity contribution in [3.05, 3.63) is 18.2 Å². The largest absolute Gasteiger partial charge is 0.486 e. The molecular formula is C16H22N2O4S. The first-order valence-electron chi connectivity index (χ1n) is 8.28. The van der Waals surface area contributed by atoms with Gasteiger partial charge in [-0.2, -0.15) is 4.31 Å². The van der Waals surface area contributed by atoms with Gasteiger partial charge in [0.1, 0.15) is 13.2 Å². The normalized spacial score (nSPS) is 25.8. The quantitative estimate of drug-likeness (QED) is 0.814. The number of rotatable bonds is 2. The molecule has 1 atom stereocenters. The van der Waals surface area contributed by atoms with E-state index >= 15 is 0 Å². The summed E-state index contributed by atoms with van der Waals surface area (Å²) >= 11 is 0. The van der Waals surface area contributed by atoms with E-state index in [1.165, 1.54) is 12.8 Å². The van der Waals surface area contributed by atoms with E-state index in [1.807, 2.05) is 0 Å². The topological polar surface area (TPSA) is 59.1 Å². The smallest absolute Gasteiger partial charge is 0.243 e. The molecule has 2 saturated heterocycles. The van der Waals surface area contributed by atoms with Crippen LogP contribution in [0.2, 0.25) is 0 Å². The van der Waals surface area contributed by atoms with Gasteiger partial charge < -0.3 is 9.47 Å². The Morgan fingerprint density at radius 1 is 1.00 bits per heavy atom. The van der Waals surface area contributed by atoms with Crippen molar-refractivity contribution in [3.8, 4) is 11.5 Å². The minimum atomic E-state index is -3.47. The first-order valence-corrected chi connectivity index (χ1v) is 9.72. The monoisotopic (exact) mass is 338 g/mol. The van der Waals surface area contributed by atoms with Crippen LogP contribution in [-0.2, 0) is 10.0 Å². The SMILES string of the molecule is O=S(=O)(c1ccc2c(c1)OCCO2)N1CCN2CCCCC2C1. The van der Waals surface area contributed by atoms with Gasteiger partial charge in [0.05, 0.1) is 4.90 Å². The van der Waals surface area contributed by atoms with Crippen LogP contribution in [0.4, 0.5) is 0 Å². The van der Waals surface area contributed by atoms with Crippen LogP contribution in [0, 0.1) is 0 Å². The van der Waals surface area contributed by atoms with E-state index in [4.69, 9.17) is 9.47 Å². The third kappa shape index (κ3) is 2.81. The van der Waals surface area contributed by atoms with Gasteiger partial charge in [-0.25, -0.2) is 8.42 Å². The molecule has 126 valence electrons. The Hall–Kier alpha value is -1.31. The Morgan fingerprint density at radius 3 is 2.70 bits per heavy atom. The minimum absolute atomic E-state index is 0.297. The molecule has 0 N–H and O–H groups in total. The summed E-state index contributed by atoms with van der Waals surface area (Å²) in [4.78, 5) is 2.73. The van der Waals surface area contributed by atoms with Crippen molar-refractivity contribution in [1.82, 2.24) is 9.21 Å². The summed E-state index contributed by atoms with van der Waals surface area (Å²) in [5, 5.41) is 0. The molecule has 1 unspecified atom stereocenters. The number of benzene rings is 1. The summed E-state index contributed by atoms with van der Waals surface area (Å²) in [6.45, 7) is 4.04. The number of nitrogens with zero attached hydrogens (tertiary/aromatic N) is 2. The predicted octanol–water partition coefficient (Wildman–Crippen LogP) is 1.32. The molecule has 0 aromatic heterocycles. The molecule has 0 radical (unpaired) electrons. The van der Waals surface area contributed by atoms with Crippen molar-refractivity contribution in [2.45, 2.75) is 30.2 Å². The first kappa shape index (κ1) is 15.2. The molecule has 0 amide bonds. The Labute approximate surface area is 137 Å². The number of sulfonamides is 1. The zero-order chi connectivity index (χ0) is 15.9. The van der Waals surface area contributed by atoms with Crippen molar-refractivity contribution >= 4 is 10.0 Å². The molecule has 1 aromatic carbocycles. The second-order valence-electron chi connectivity index (χ2n) is 6.35. The zero-order valence-electron chi connectivity index (χ0n) is 13.1. The summed E-state index contributed by atoms with van der Waals surface area (Å²) in [7, 11) is -3.47. The van der Waals surface area contributed by atoms with E-state index in [9.17, 15) is 8.42 Å². The number of ether oxygens (including phenoxy) is 2. The maximum atomic E-state index is 13.0. The molecule has 6 nitrogen and oxygen atoms in total. The lowest BCUT2D eigenvalue weighted by Gasteiger charge is -2.43. The van der Waals surface area contributed by atoms with Crippen LogP contribution in [-0.4, -0.2) is 63.1 Å². The molecule has 3 aliphatic heterocycles. The lowest BCUT2D eigenvalue weighted by Crippen LogP contribution is -2.56. The van der Waals surface area contributed by atoms with E-state index in [2.05, 4.69) is 4.90 Å². The van der Waals surface area contributed by atoms with Crippen molar-refractivity contribution in [3.63, 3.8) is 0 Å². The minimum Gasteiger partial charge on any atom is -0.486 e. The number of hydrogen-bond donors (Lipinski definition) is 0. The molecule has 3 heterocycles. The molecule has 0 spiro atoms. The Morgan fingerprint density at radius 2 is 1.83 bits per heavy atom. The summed E-state index contributed by atoms with van der Waals surface area (Å²) in [6.07, 6.45) is 3.51. The molecule has 2 fully saturated rings.